The number of carbonyl (C=O) groups is 1. The number of hydrogen-bond donors (Lipinski definition) is 0. The van der Waals surface area contributed by atoms with Crippen molar-refractivity contribution in [1.82, 2.24) is 0 Å². The molecular formula is C35H58O6Si. The molecule has 2 unspecified atom stereocenters. The zero-order valence-corrected chi connectivity index (χ0v) is 28.4. The van der Waals surface area contributed by atoms with Crippen LogP contribution in [0.5, 0.6) is 0 Å². The molecule has 3 fully saturated rings. The molecule has 6 nitrogen and oxygen atoms in total. The Morgan fingerprint density at radius 2 is 1.79 bits per heavy atom. The van der Waals surface area contributed by atoms with Crippen LogP contribution in [0.15, 0.2) is 23.8 Å². The Morgan fingerprint density at radius 1 is 1.00 bits per heavy atom. The van der Waals surface area contributed by atoms with Crippen LogP contribution < -0.4 is 0 Å². The fourth-order valence-corrected chi connectivity index (χ4v) is 8.75. The van der Waals surface area contributed by atoms with E-state index in [1.165, 1.54) is 5.57 Å². The van der Waals surface area contributed by atoms with Crippen LogP contribution in [-0.4, -0.2) is 51.8 Å². The molecule has 7 heteroatoms. The van der Waals surface area contributed by atoms with Crippen LogP contribution in [0.3, 0.4) is 0 Å². The number of allylic oxidation sites excluding steroid dienone is 3. The average Bonchev–Trinajstić information content (AvgIpc) is 2.86. The van der Waals surface area contributed by atoms with E-state index in [2.05, 4.69) is 65.9 Å². The van der Waals surface area contributed by atoms with Gasteiger partial charge in [0.1, 0.15) is 6.10 Å². The lowest BCUT2D eigenvalue weighted by molar-refractivity contribution is -0.288. The van der Waals surface area contributed by atoms with Gasteiger partial charge in [0.2, 0.25) is 0 Å². The van der Waals surface area contributed by atoms with Gasteiger partial charge in [-0.15, -0.1) is 0 Å². The molecular weight excluding hydrogens is 544 g/mol. The summed E-state index contributed by atoms with van der Waals surface area (Å²) < 4.78 is 32.3. The van der Waals surface area contributed by atoms with Crippen LogP contribution >= 0.6 is 0 Å². The highest BCUT2D eigenvalue weighted by Gasteiger charge is 2.45. The lowest BCUT2D eigenvalue weighted by atomic mass is 9.65. The number of hydrogen-bond acceptors (Lipinski definition) is 6. The van der Waals surface area contributed by atoms with Gasteiger partial charge < -0.3 is 23.4 Å². The monoisotopic (exact) mass is 602 g/mol. The quantitative estimate of drug-likeness (QED) is 0.195. The first-order valence-corrected chi connectivity index (χ1v) is 20.0. The third kappa shape index (κ3) is 7.80. The van der Waals surface area contributed by atoms with E-state index in [0.29, 0.717) is 17.8 Å². The molecule has 0 aromatic carbocycles. The average molecular weight is 603 g/mol. The fraction of sp³-hybridized carbons (Fsp3) is 0.857. The van der Waals surface area contributed by atoms with Crippen molar-refractivity contribution >= 4 is 14.3 Å². The Morgan fingerprint density at radius 3 is 2.45 bits per heavy atom. The highest BCUT2D eigenvalue weighted by molar-refractivity contribution is 6.74. The van der Waals surface area contributed by atoms with Crippen molar-refractivity contribution in [3.63, 3.8) is 0 Å². The van der Waals surface area contributed by atoms with Crippen LogP contribution in [0.1, 0.15) is 105 Å². The van der Waals surface area contributed by atoms with E-state index in [1.807, 2.05) is 0 Å². The molecule has 238 valence electrons. The van der Waals surface area contributed by atoms with E-state index in [1.54, 1.807) is 0 Å². The minimum atomic E-state index is -1.94. The van der Waals surface area contributed by atoms with Gasteiger partial charge >= 0.3 is 5.97 Å². The van der Waals surface area contributed by atoms with Crippen LogP contribution in [0.2, 0.25) is 18.1 Å². The maximum absolute atomic E-state index is 13.0. The summed E-state index contributed by atoms with van der Waals surface area (Å²) in [6, 6.07) is 0. The summed E-state index contributed by atoms with van der Waals surface area (Å²) in [5, 5.41) is 0.153. The second-order valence-corrected chi connectivity index (χ2v) is 20.3. The lowest BCUT2D eigenvalue weighted by Crippen LogP contribution is -2.49. The molecule has 0 N–H and O–H groups in total. The Balaban J connectivity index is 1.28. The normalized spacial score (nSPS) is 37.9. The lowest BCUT2D eigenvalue weighted by Gasteiger charge is -2.45. The number of esters is 1. The summed E-state index contributed by atoms with van der Waals surface area (Å²) in [5.74, 6) is 1.67. The van der Waals surface area contributed by atoms with Crippen molar-refractivity contribution in [3.05, 3.63) is 23.8 Å². The van der Waals surface area contributed by atoms with Gasteiger partial charge in [-0.3, -0.25) is 4.79 Å². The Kier molecular flexibility index (Phi) is 10.5. The zero-order valence-electron chi connectivity index (χ0n) is 27.4. The molecule has 2 heterocycles. The summed E-state index contributed by atoms with van der Waals surface area (Å²) in [7, 11) is -1.94. The van der Waals surface area contributed by atoms with Crippen LogP contribution in [0.4, 0.5) is 0 Å². The molecule has 2 saturated heterocycles. The van der Waals surface area contributed by atoms with Crippen LogP contribution in [-0.2, 0) is 28.2 Å². The zero-order chi connectivity index (χ0) is 30.1. The van der Waals surface area contributed by atoms with E-state index in [0.717, 1.165) is 77.2 Å². The van der Waals surface area contributed by atoms with Crippen molar-refractivity contribution < 1.29 is 28.2 Å². The Hall–Kier alpha value is -0.993. The number of carbonyl (C=O) groups excluding carboxylic acids is 1. The number of fused-ring (bicyclic) bond motifs is 1. The molecule has 0 aromatic heterocycles. The van der Waals surface area contributed by atoms with Gasteiger partial charge in [0, 0.05) is 18.9 Å². The molecule has 0 spiro atoms. The first-order chi connectivity index (χ1) is 19.9. The van der Waals surface area contributed by atoms with Gasteiger partial charge in [0.25, 0.3) is 0 Å². The maximum Gasteiger partial charge on any atom is 0.309 e. The van der Waals surface area contributed by atoms with E-state index < -0.39 is 8.32 Å². The summed E-state index contributed by atoms with van der Waals surface area (Å²) in [6.07, 6.45) is 17.6. The van der Waals surface area contributed by atoms with Crippen molar-refractivity contribution in [2.24, 2.45) is 29.6 Å². The highest BCUT2D eigenvalue weighted by atomic mass is 28.4. The summed E-state index contributed by atoms with van der Waals surface area (Å²) in [6.45, 7) is 17.0. The first-order valence-electron chi connectivity index (χ1n) is 17.1. The topological polar surface area (TPSA) is 63.2 Å². The van der Waals surface area contributed by atoms with Crippen molar-refractivity contribution in [3.8, 4) is 0 Å². The molecule has 0 amide bonds. The molecule has 9 atom stereocenters. The third-order valence-electron chi connectivity index (χ3n) is 11.2. The predicted molar refractivity (Wildman–Crippen MR) is 168 cm³/mol. The van der Waals surface area contributed by atoms with E-state index in [4.69, 9.17) is 23.4 Å². The molecule has 42 heavy (non-hydrogen) atoms. The molecule has 0 radical (unpaired) electrons. The second kappa shape index (κ2) is 13.6. The Labute approximate surface area is 256 Å². The summed E-state index contributed by atoms with van der Waals surface area (Å²) in [5.41, 5.74) is 1.36. The molecule has 1 saturated carbocycles. The number of rotatable bonds is 9. The molecule has 5 rings (SSSR count). The molecule has 0 bridgehead atoms. The highest BCUT2D eigenvalue weighted by Crippen LogP contribution is 2.46. The van der Waals surface area contributed by atoms with Crippen LogP contribution in [0, 0.1) is 29.6 Å². The van der Waals surface area contributed by atoms with Gasteiger partial charge in [-0.25, -0.2) is 0 Å². The maximum atomic E-state index is 13.0. The minimum Gasteiger partial charge on any atom is -0.461 e. The van der Waals surface area contributed by atoms with Crippen molar-refractivity contribution in [2.45, 2.75) is 154 Å². The van der Waals surface area contributed by atoms with E-state index in [9.17, 15) is 4.79 Å². The third-order valence-corrected chi connectivity index (χ3v) is 15.7. The molecule has 3 aliphatic carbocycles. The van der Waals surface area contributed by atoms with Gasteiger partial charge in [-0.2, -0.15) is 0 Å². The smallest absolute Gasteiger partial charge is 0.309 e. The first kappa shape index (κ1) is 32.4. The summed E-state index contributed by atoms with van der Waals surface area (Å²) >= 11 is 0. The molecule has 5 aliphatic rings. The SMILES string of the molecule is C[C@H]1C=C2C=C[C@H](C)[C@H](CC[C@@H]3C[C@@H](O[Si](C)(C)C(C)(C)C)CC(OC4CCCCO4)O3)[C@H]2[C@@H](OC(=O)C2CCC2)C1. The fourth-order valence-electron chi connectivity index (χ4n) is 7.37. The van der Waals surface area contributed by atoms with E-state index in [-0.39, 0.29) is 53.7 Å². The van der Waals surface area contributed by atoms with Crippen LogP contribution in [0.25, 0.3) is 0 Å². The second-order valence-electron chi connectivity index (χ2n) is 15.6. The van der Waals surface area contributed by atoms with Crippen molar-refractivity contribution in [2.75, 3.05) is 6.61 Å². The number of ether oxygens (including phenoxy) is 4. The van der Waals surface area contributed by atoms with Crippen molar-refractivity contribution in [1.29, 1.82) is 0 Å². The van der Waals surface area contributed by atoms with Gasteiger partial charge in [0.05, 0.1) is 18.1 Å². The predicted octanol–water partition coefficient (Wildman–Crippen LogP) is 8.32. The van der Waals surface area contributed by atoms with Gasteiger partial charge in [-0.1, -0.05) is 59.3 Å². The minimum absolute atomic E-state index is 0.0341. The standard InChI is InChI=1S/C35H58O6Si/c1-23-19-26-15-14-24(2)29(33(26)30(20-23)39-34(36)25-11-10-12-25)17-16-27-21-28(41-42(6,7)35(3,4)5)22-32(38-27)40-31-13-8-9-18-37-31/h14-15,19,23-25,27-33H,8-13,16-18,20-22H2,1-7H3/t23-,24-,27+,28+,29-,30-,31?,32?,33-/m0/s1. The van der Waals surface area contributed by atoms with Gasteiger partial charge in [0.15, 0.2) is 20.9 Å². The molecule has 0 aromatic rings. The summed E-state index contributed by atoms with van der Waals surface area (Å²) in [4.78, 5) is 13.0. The Bertz CT molecular complexity index is 974. The molecule has 2 aliphatic heterocycles. The largest absolute Gasteiger partial charge is 0.461 e. The van der Waals surface area contributed by atoms with E-state index >= 15 is 0 Å². The van der Waals surface area contributed by atoms with Gasteiger partial charge in [-0.05, 0) is 99.2 Å².